The third-order valence-corrected chi connectivity index (χ3v) is 3.60. The third kappa shape index (κ3) is 3.11. The first-order valence-corrected chi connectivity index (χ1v) is 7.07. The van der Waals surface area contributed by atoms with E-state index in [2.05, 4.69) is 9.97 Å². The Hall–Kier alpha value is -2.21. The minimum Gasteiger partial charge on any atom is -0.378 e. The minimum absolute atomic E-state index is 0.0779. The molecule has 0 radical (unpaired) electrons. The maximum Gasteiger partial charge on any atom is 0.258 e. The highest BCUT2D eigenvalue weighted by atomic mass is 16.5. The monoisotopic (exact) mass is 287 g/mol. The van der Waals surface area contributed by atoms with Crippen molar-refractivity contribution in [2.24, 2.45) is 0 Å². The molecule has 6 heteroatoms. The second kappa shape index (κ2) is 6.05. The molecule has 1 amide bonds. The van der Waals surface area contributed by atoms with Gasteiger partial charge in [-0.3, -0.25) is 9.59 Å². The Balaban J connectivity index is 1.70. The van der Waals surface area contributed by atoms with E-state index in [-0.39, 0.29) is 11.5 Å². The topological polar surface area (TPSA) is 75.3 Å². The number of hydrogen-bond donors (Lipinski definition) is 1. The Morgan fingerprint density at radius 1 is 1.29 bits per heavy atom. The summed E-state index contributed by atoms with van der Waals surface area (Å²) in [6.45, 7) is 2.47. The lowest BCUT2D eigenvalue weighted by Gasteiger charge is -2.26. The first-order chi connectivity index (χ1) is 10.2. The standard InChI is InChI=1S/C15H17N3O3/c19-14(18-7-9-21-10-8-18)6-5-13-16-12-4-2-1-3-11(12)15(20)17-13/h1-4H,5-10H2,(H,16,17,20). The van der Waals surface area contributed by atoms with Crippen molar-refractivity contribution < 1.29 is 9.53 Å². The fourth-order valence-corrected chi connectivity index (χ4v) is 2.45. The molecular formula is C15H17N3O3. The molecule has 0 spiro atoms. The lowest BCUT2D eigenvalue weighted by molar-refractivity contribution is -0.135. The number of aromatic nitrogens is 2. The van der Waals surface area contributed by atoms with Gasteiger partial charge in [0.25, 0.3) is 5.56 Å². The van der Waals surface area contributed by atoms with Crippen LogP contribution >= 0.6 is 0 Å². The van der Waals surface area contributed by atoms with Gasteiger partial charge in [-0.2, -0.15) is 0 Å². The van der Waals surface area contributed by atoms with Gasteiger partial charge in [0.1, 0.15) is 5.82 Å². The Bertz CT molecular complexity index is 705. The van der Waals surface area contributed by atoms with Crippen LogP contribution in [0.3, 0.4) is 0 Å². The Morgan fingerprint density at radius 2 is 2.05 bits per heavy atom. The van der Waals surface area contributed by atoms with Crippen LogP contribution in [0.5, 0.6) is 0 Å². The number of fused-ring (bicyclic) bond motifs is 1. The van der Waals surface area contributed by atoms with Crippen molar-refractivity contribution in [1.29, 1.82) is 0 Å². The number of nitrogens with zero attached hydrogens (tertiary/aromatic N) is 2. The summed E-state index contributed by atoms with van der Waals surface area (Å²) >= 11 is 0. The van der Waals surface area contributed by atoms with Crippen molar-refractivity contribution >= 4 is 16.8 Å². The molecule has 0 atom stereocenters. The summed E-state index contributed by atoms with van der Waals surface area (Å²) < 4.78 is 5.22. The number of rotatable bonds is 3. The number of morpholine rings is 1. The molecule has 1 saturated heterocycles. The number of hydrogen-bond acceptors (Lipinski definition) is 4. The fraction of sp³-hybridized carbons (Fsp3) is 0.400. The highest BCUT2D eigenvalue weighted by Gasteiger charge is 2.16. The molecule has 1 aliphatic rings. The number of para-hydroxylation sites is 1. The molecule has 2 heterocycles. The van der Waals surface area contributed by atoms with E-state index in [1.807, 2.05) is 6.07 Å². The predicted octanol–water partition coefficient (Wildman–Crippen LogP) is 0.714. The maximum atomic E-state index is 12.1. The van der Waals surface area contributed by atoms with Crippen LogP contribution in [-0.4, -0.2) is 47.1 Å². The van der Waals surface area contributed by atoms with Gasteiger partial charge in [0.2, 0.25) is 5.91 Å². The second-order valence-electron chi connectivity index (χ2n) is 5.02. The number of aromatic amines is 1. The van der Waals surface area contributed by atoms with Crippen molar-refractivity contribution in [3.05, 3.63) is 40.4 Å². The van der Waals surface area contributed by atoms with E-state index in [0.717, 1.165) is 0 Å². The maximum absolute atomic E-state index is 12.1. The van der Waals surface area contributed by atoms with E-state index in [9.17, 15) is 9.59 Å². The summed E-state index contributed by atoms with van der Waals surface area (Å²) in [5.41, 5.74) is 0.504. The van der Waals surface area contributed by atoms with Gasteiger partial charge in [-0.1, -0.05) is 12.1 Å². The number of nitrogens with one attached hydrogen (secondary N) is 1. The number of amides is 1. The molecule has 0 bridgehead atoms. The predicted molar refractivity (Wildman–Crippen MR) is 78.1 cm³/mol. The molecule has 0 aliphatic carbocycles. The summed E-state index contributed by atoms with van der Waals surface area (Å²) in [5, 5.41) is 0.570. The van der Waals surface area contributed by atoms with E-state index >= 15 is 0 Å². The fourth-order valence-electron chi connectivity index (χ4n) is 2.45. The van der Waals surface area contributed by atoms with Crippen molar-refractivity contribution in [3.8, 4) is 0 Å². The number of H-pyrrole nitrogens is 1. The smallest absolute Gasteiger partial charge is 0.258 e. The lowest BCUT2D eigenvalue weighted by Crippen LogP contribution is -2.40. The van der Waals surface area contributed by atoms with Crippen molar-refractivity contribution in [3.63, 3.8) is 0 Å². The highest BCUT2D eigenvalue weighted by Crippen LogP contribution is 2.08. The molecule has 110 valence electrons. The van der Waals surface area contributed by atoms with E-state index in [1.54, 1.807) is 23.1 Å². The molecule has 21 heavy (non-hydrogen) atoms. The number of benzene rings is 1. The zero-order valence-corrected chi connectivity index (χ0v) is 11.7. The zero-order chi connectivity index (χ0) is 14.7. The van der Waals surface area contributed by atoms with Gasteiger partial charge in [0.05, 0.1) is 24.1 Å². The SMILES string of the molecule is O=C(CCc1nc2ccccc2c(=O)[nH]1)N1CCOCC1. The molecule has 1 fully saturated rings. The molecule has 1 N–H and O–H groups in total. The van der Waals surface area contributed by atoms with Crippen LogP contribution < -0.4 is 5.56 Å². The summed E-state index contributed by atoms with van der Waals surface area (Å²) in [6.07, 6.45) is 0.789. The normalized spacial score (nSPS) is 15.3. The number of ether oxygens (including phenoxy) is 1. The molecular weight excluding hydrogens is 270 g/mol. The van der Waals surface area contributed by atoms with E-state index < -0.39 is 0 Å². The Kier molecular flexibility index (Phi) is 3.96. The Labute approximate surface area is 121 Å². The van der Waals surface area contributed by atoms with Crippen molar-refractivity contribution in [1.82, 2.24) is 14.9 Å². The Morgan fingerprint density at radius 3 is 2.86 bits per heavy atom. The van der Waals surface area contributed by atoms with E-state index in [0.29, 0.717) is 55.9 Å². The molecule has 3 rings (SSSR count). The summed E-state index contributed by atoms with van der Waals surface area (Å²) in [5.74, 6) is 0.634. The molecule has 2 aromatic rings. The molecule has 6 nitrogen and oxygen atoms in total. The largest absolute Gasteiger partial charge is 0.378 e. The van der Waals surface area contributed by atoms with Gasteiger partial charge in [-0.15, -0.1) is 0 Å². The molecule has 1 aromatic carbocycles. The van der Waals surface area contributed by atoms with E-state index in [1.165, 1.54) is 0 Å². The second-order valence-corrected chi connectivity index (χ2v) is 5.02. The van der Waals surface area contributed by atoms with Crippen LogP contribution in [-0.2, 0) is 16.0 Å². The van der Waals surface area contributed by atoms with Gasteiger partial charge in [-0.05, 0) is 12.1 Å². The van der Waals surface area contributed by atoms with Crippen LogP contribution in [0.15, 0.2) is 29.1 Å². The molecule has 1 aromatic heterocycles. The first kappa shape index (κ1) is 13.8. The van der Waals surface area contributed by atoms with Crippen LogP contribution in [0.2, 0.25) is 0 Å². The number of carbonyl (C=O) groups excluding carboxylic acids is 1. The number of aryl methyl sites for hydroxylation is 1. The van der Waals surface area contributed by atoms with Crippen molar-refractivity contribution in [2.45, 2.75) is 12.8 Å². The molecule has 1 aliphatic heterocycles. The molecule has 0 saturated carbocycles. The average molecular weight is 287 g/mol. The zero-order valence-electron chi connectivity index (χ0n) is 11.7. The third-order valence-electron chi connectivity index (χ3n) is 3.60. The van der Waals surface area contributed by atoms with Gasteiger partial charge >= 0.3 is 0 Å². The first-order valence-electron chi connectivity index (χ1n) is 7.07. The minimum atomic E-state index is -0.158. The molecule has 0 unspecified atom stereocenters. The van der Waals surface area contributed by atoms with Crippen molar-refractivity contribution in [2.75, 3.05) is 26.3 Å². The summed E-state index contributed by atoms with van der Waals surface area (Å²) in [6, 6.07) is 7.19. The van der Waals surface area contributed by atoms with Crippen LogP contribution in [0, 0.1) is 0 Å². The highest BCUT2D eigenvalue weighted by molar-refractivity contribution is 5.78. The van der Waals surface area contributed by atoms with E-state index in [4.69, 9.17) is 4.74 Å². The van der Waals surface area contributed by atoms with Gasteiger partial charge in [0, 0.05) is 25.9 Å². The summed E-state index contributed by atoms with van der Waals surface area (Å²) in [7, 11) is 0. The van der Waals surface area contributed by atoms with Crippen LogP contribution in [0.1, 0.15) is 12.2 Å². The van der Waals surface area contributed by atoms with Gasteiger partial charge < -0.3 is 14.6 Å². The van der Waals surface area contributed by atoms with Crippen LogP contribution in [0.25, 0.3) is 10.9 Å². The summed E-state index contributed by atoms with van der Waals surface area (Å²) in [4.78, 5) is 33.0. The van der Waals surface area contributed by atoms with Crippen LogP contribution in [0.4, 0.5) is 0 Å². The van der Waals surface area contributed by atoms with Gasteiger partial charge in [0.15, 0.2) is 0 Å². The average Bonchev–Trinajstić information content (AvgIpc) is 2.53. The number of carbonyl (C=O) groups is 1. The quantitative estimate of drug-likeness (QED) is 0.902. The lowest BCUT2D eigenvalue weighted by atomic mass is 10.2. The van der Waals surface area contributed by atoms with Gasteiger partial charge in [-0.25, -0.2) is 4.98 Å².